The second-order valence-corrected chi connectivity index (χ2v) is 4.46. The van der Waals surface area contributed by atoms with E-state index in [0.29, 0.717) is 16.0 Å². The van der Waals surface area contributed by atoms with Crippen LogP contribution in [0, 0.1) is 6.92 Å². The number of aromatic amines is 2. The molecule has 3 heterocycles. The summed E-state index contributed by atoms with van der Waals surface area (Å²) in [5.74, 6) is 0. The first-order valence-electron chi connectivity index (χ1n) is 4.91. The Morgan fingerprint density at radius 1 is 1.35 bits per heavy atom. The molecule has 0 atom stereocenters. The molecule has 0 amide bonds. The Balaban J connectivity index is 2.47. The molecule has 0 bridgehead atoms. The van der Waals surface area contributed by atoms with E-state index in [1.54, 1.807) is 12.4 Å². The highest BCUT2D eigenvalue weighted by Crippen LogP contribution is 2.16. The van der Waals surface area contributed by atoms with Crippen LogP contribution in [0.4, 0.5) is 0 Å². The monoisotopic (exact) mass is 248 g/mol. The van der Waals surface area contributed by atoms with Crippen LogP contribution in [0.3, 0.4) is 0 Å². The van der Waals surface area contributed by atoms with E-state index < -0.39 is 11.2 Å². The van der Waals surface area contributed by atoms with Crippen LogP contribution in [0.15, 0.2) is 27.4 Å². The predicted octanol–water partition coefficient (Wildman–Crippen LogP) is 0.772. The summed E-state index contributed by atoms with van der Waals surface area (Å²) in [6.45, 7) is 1.85. The first-order valence-corrected chi connectivity index (χ1v) is 5.79. The van der Waals surface area contributed by atoms with E-state index in [0.717, 1.165) is 5.69 Å². The molecule has 3 rings (SSSR count). The highest BCUT2D eigenvalue weighted by atomic mass is 32.1. The molecule has 0 spiro atoms. The second-order valence-electron chi connectivity index (χ2n) is 3.62. The van der Waals surface area contributed by atoms with Gasteiger partial charge in [0.15, 0.2) is 5.13 Å². The number of aryl methyl sites for hydroxylation is 1. The number of nitrogens with one attached hydrogen (secondary N) is 2. The van der Waals surface area contributed by atoms with Crippen molar-refractivity contribution >= 4 is 22.2 Å². The minimum Gasteiger partial charge on any atom is -0.365 e. The fourth-order valence-electron chi connectivity index (χ4n) is 1.69. The van der Waals surface area contributed by atoms with Gasteiger partial charge in [0.25, 0.3) is 5.56 Å². The Kier molecular flexibility index (Phi) is 2.02. The van der Waals surface area contributed by atoms with Crippen molar-refractivity contribution in [2.75, 3.05) is 0 Å². The van der Waals surface area contributed by atoms with Gasteiger partial charge in [-0.2, -0.15) is 0 Å². The number of nitrogens with zero attached hydrogens (tertiary/aromatic N) is 2. The third-order valence-electron chi connectivity index (χ3n) is 2.43. The van der Waals surface area contributed by atoms with Gasteiger partial charge in [-0.1, -0.05) is 0 Å². The molecule has 0 saturated heterocycles. The van der Waals surface area contributed by atoms with Crippen molar-refractivity contribution in [2.24, 2.45) is 0 Å². The molecule has 0 aromatic carbocycles. The fraction of sp³-hybridized carbons (Fsp3) is 0.100. The number of fused-ring (bicyclic) bond motifs is 1. The van der Waals surface area contributed by atoms with E-state index in [-0.39, 0.29) is 0 Å². The van der Waals surface area contributed by atoms with E-state index in [1.165, 1.54) is 15.9 Å². The molecule has 3 aromatic rings. The van der Waals surface area contributed by atoms with Gasteiger partial charge in [-0.15, -0.1) is 11.3 Å². The lowest BCUT2D eigenvalue weighted by Crippen LogP contribution is -2.28. The molecule has 0 aliphatic carbocycles. The van der Waals surface area contributed by atoms with Crippen LogP contribution in [0.2, 0.25) is 0 Å². The van der Waals surface area contributed by atoms with Crippen molar-refractivity contribution in [2.45, 2.75) is 6.92 Å². The minimum atomic E-state index is -0.476. The lowest BCUT2D eigenvalue weighted by Gasteiger charge is -2.01. The number of thiazole rings is 1. The Bertz CT molecular complexity index is 807. The van der Waals surface area contributed by atoms with Gasteiger partial charge in [0.05, 0.1) is 16.6 Å². The van der Waals surface area contributed by atoms with E-state index in [4.69, 9.17) is 0 Å². The van der Waals surface area contributed by atoms with Gasteiger partial charge < -0.3 is 4.98 Å². The molecular weight excluding hydrogens is 240 g/mol. The topological polar surface area (TPSA) is 83.5 Å². The summed E-state index contributed by atoms with van der Waals surface area (Å²) in [5.41, 5.74) is 0.507. The highest BCUT2D eigenvalue weighted by Gasteiger charge is 2.11. The molecule has 0 aliphatic heterocycles. The molecule has 86 valence electrons. The molecule has 2 N–H and O–H groups in total. The zero-order chi connectivity index (χ0) is 12.0. The number of H-pyrrole nitrogens is 2. The van der Waals surface area contributed by atoms with Crippen LogP contribution >= 0.6 is 11.3 Å². The van der Waals surface area contributed by atoms with E-state index in [1.807, 2.05) is 12.3 Å². The van der Waals surface area contributed by atoms with Crippen molar-refractivity contribution in [1.82, 2.24) is 19.5 Å². The van der Waals surface area contributed by atoms with Crippen LogP contribution < -0.4 is 11.2 Å². The smallest absolute Gasteiger partial charge is 0.335 e. The number of aromatic nitrogens is 4. The van der Waals surface area contributed by atoms with Gasteiger partial charge in [0, 0.05) is 17.8 Å². The van der Waals surface area contributed by atoms with Crippen molar-refractivity contribution in [3.63, 3.8) is 0 Å². The molecule has 0 aliphatic rings. The molecule has 0 saturated carbocycles. The highest BCUT2D eigenvalue weighted by molar-refractivity contribution is 7.12. The maximum atomic E-state index is 11.8. The van der Waals surface area contributed by atoms with Crippen LogP contribution in [0.1, 0.15) is 5.69 Å². The molecule has 17 heavy (non-hydrogen) atoms. The zero-order valence-corrected chi connectivity index (χ0v) is 9.67. The van der Waals surface area contributed by atoms with Crippen LogP contribution in [-0.4, -0.2) is 19.5 Å². The van der Waals surface area contributed by atoms with Crippen molar-refractivity contribution in [3.05, 3.63) is 44.3 Å². The standard InChI is InChI=1S/C10H8N4O2S/c1-5-4-17-10(12-5)14-7-3-11-2-6(7)8(15)13-9(14)16/h2-4,11H,1H3,(H,13,15,16). The quantitative estimate of drug-likeness (QED) is 0.667. The summed E-state index contributed by atoms with van der Waals surface area (Å²) >= 11 is 1.36. The number of hydrogen-bond donors (Lipinski definition) is 2. The SMILES string of the molecule is Cc1csc(-n2c(=O)[nH]c(=O)c3c[nH]cc32)n1. The zero-order valence-electron chi connectivity index (χ0n) is 8.85. The molecule has 0 fully saturated rings. The summed E-state index contributed by atoms with van der Waals surface area (Å²) in [6.07, 6.45) is 3.17. The van der Waals surface area contributed by atoms with E-state index in [2.05, 4.69) is 15.0 Å². The second kappa shape index (κ2) is 3.42. The van der Waals surface area contributed by atoms with Gasteiger partial charge in [-0.25, -0.2) is 14.3 Å². The minimum absolute atomic E-state index is 0.393. The largest absolute Gasteiger partial charge is 0.365 e. The maximum absolute atomic E-state index is 11.8. The summed E-state index contributed by atoms with van der Waals surface area (Å²) in [7, 11) is 0. The van der Waals surface area contributed by atoms with Crippen LogP contribution in [0.5, 0.6) is 0 Å². The van der Waals surface area contributed by atoms with Gasteiger partial charge in [0.2, 0.25) is 0 Å². The van der Waals surface area contributed by atoms with Gasteiger partial charge in [-0.05, 0) is 6.92 Å². The Morgan fingerprint density at radius 2 is 2.18 bits per heavy atom. The van der Waals surface area contributed by atoms with Gasteiger partial charge >= 0.3 is 5.69 Å². The van der Waals surface area contributed by atoms with Crippen molar-refractivity contribution in [1.29, 1.82) is 0 Å². The first kappa shape index (κ1) is 10.0. The molecule has 3 aromatic heterocycles. The summed E-state index contributed by atoms with van der Waals surface area (Å²) in [6, 6.07) is 0. The molecule has 0 unspecified atom stereocenters. The molecule has 6 nitrogen and oxygen atoms in total. The number of rotatable bonds is 1. The summed E-state index contributed by atoms with van der Waals surface area (Å²) in [4.78, 5) is 32.7. The van der Waals surface area contributed by atoms with E-state index in [9.17, 15) is 9.59 Å². The Labute approximate surface area is 98.6 Å². The van der Waals surface area contributed by atoms with Crippen molar-refractivity contribution < 1.29 is 0 Å². The average Bonchev–Trinajstić information content (AvgIpc) is 2.87. The van der Waals surface area contributed by atoms with Crippen LogP contribution in [0.25, 0.3) is 16.0 Å². The third-order valence-corrected chi connectivity index (χ3v) is 3.37. The third kappa shape index (κ3) is 1.43. The average molecular weight is 248 g/mol. The Morgan fingerprint density at radius 3 is 2.88 bits per heavy atom. The first-order chi connectivity index (χ1) is 8.16. The lowest BCUT2D eigenvalue weighted by molar-refractivity contribution is 0.928. The van der Waals surface area contributed by atoms with Gasteiger partial charge in [-0.3, -0.25) is 9.78 Å². The normalized spacial score (nSPS) is 11.1. The molecule has 7 heteroatoms. The number of hydrogen-bond acceptors (Lipinski definition) is 4. The van der Waals surface area contributed by atoms with Crippen molar-refractivity contribution in [3.8, 4) is 5.13 Å². The summed E-state index contributed by atoms with van der Waals surface area (Å²) in [5, 5.41) is 2.84. The molecule has 0 radical (unpaired) electrons. The maximum Gasteiger partial charge on any atom is 0.335 e. The fourth-order valence-corrected chi connectivity index (χ4v) is 2.50. The molecular formula is C10H8N4O2S. The Hall–Kier alpha value is -2.15. The van der Waals surface area contributed by atoms with E-state index >= 15 is 0 Å². The van der Waals surface area contributed by atoms with Gasteiger partial charge in [0.1, 0.15) is 0 Å². The summed E-state index contributed by atoms with van der Waals surface area (Å²) < 4.78 is 1.39. The predicted molar refractivity (Wildman–Crippen MR) is 64.9 cm³/mol. The lowest BCUT2D eigenvalue weighted by atomic mass is 10.4. The van der Waals surface area contributed by atoms with Crippen LogP contribution in [-0.2, 0) is 0 Å².